The third-order valence-electron chi connectivity index (χ3n) is 2.57. The summed E-state index contributed by atoms with van der Waals surface area (Å²) in [5.74, 6) is -1.82. The molecule has 1 aromatic rings. The SMILES string of the molecule is CC(C)CC(C(=O)O)c1ccc(Cl)cc1[N+](=O)[O-]. The Kier molecular flexibility index (Phi) is 4.67. The maximum atomic E-state index is 11.2. The van der Waals surface area contributed by atoms with Gasteiger partial charge in [0.1, 0.15) is 0 Å². The number of nitro groups is 1. The number of halogens is 1. The highest BCUT2D eigenvalue weighted by Gasteiger charge is 2.28. The van der Waals surface area contributed by atoms with Crippen LogP contribution < -0.4 is 0 Å². The van der Waals surface area contributed by atoms with Crippen LogP contribution in [0.4, 0.5) is 5.69 Å². The molecule has 0 aliphatic carbocycles. The largest absolute Gasteiger partial charge is 0.481 e. The topological polar surface area (TPSA) is 80.4 Å². The van der Waals surface area contributed by atoms with Crippen LogP contribution in [0.15, 0.2) is 18.2 Å². The Balaban J connectivity index is 3.27. The first-order chi connectivity index (χ1) is 8.32. The molecule has 0 aliphatic heterocycles. The molecule has 98 valence electrons. The van der Waals surface area contributed by atoms with E-state index in [0.717, 1.165) is 0 Å². The van der Waals surface area contributed by atoms with Crippen LogP contribution in [-0.4, -0.2) is 16.0 Å². The van der Waals surface area contributed by atoms with Gasteiger partial charge in [0.05, 0.1) is 10.8 Å². The molecule has 0 spiro atoms. The fourth-order valence-electron chi connectivity index (χ4n) is 1.80. The molecule has 0 amide bonds. The number of aliphatic carboxylic acids is 1. The second-order valence-corrected chi connectivity index (χ2v) is 4.92. The molecule has 1 unspecified atom stereocenters. The fraction of sp³-hybridized carbons (Fsp3) is 0.417. The van der Waals surface area contributed by atoms with Crippen molar-refractivity contribution in [2.45, 2.75) is 26.2 Å². The summed E-state index contributed by atoms with van der Waals surface area (Å²) in [5, 5.41) is 20.4. The van der Waals surface area contributed by atoms with Gasteiger partial charge >= 0.3 is 5.97 Å². The van der Waals surface area contributed by atoms with E-state index in [1.54, 1.807) is 0 Å². The molecule has 0 saturated heterocycles. The standard InChI is InChI=1S/C12H14ClNO4/c1-7(2)5-10(12(15)16)9-4-3-8(13)6-11(9)14(17)18/h3-4,6-7,10H,5H2,1-2H3,(H,15,16). The van der Waals surface area contributed by atoms with Crippen LogP contribution >= 0.6 is 11.6 Å². The van der Waals surface area contributed by atoms with Crippen molar-refractivity contribution < 1.29 is 14.8 Å². The zero-order valence-electron chi connectivity index (χ0n) is 10.1. The van der Waals surface area contributed by atoms with Crippen LogP contribution in [0.25, 0.3) is 0 Å². The van der Waals surface area contributed by atoms with E-state index in [4.69, 9.17) is 11.6 Å². The molecule has 0 saturated carbocycles. The van der Waals surface area contributed by atoms with E-state index in [0.29, 0.717) is 6.42 Å². The van der Waals surface area contributed by atoms with Gasteiger partial charge in [-0.25, -0.2) is 0 Å². The van der Waals surface area contributed by atoms with Gasteiger partial charge in [-0.1, -0.05) is 25.4 Å². The minimum absolute atomic E-state index is 0.126. The summed E-state index contributed by atoms with van der Waals surface area (Å²) in [6.45, 7) is 3.75. The molecule has 18 heavy (non-hydrogen) atoms. The molecular formula is C12H14ClNO4. The summed E-state index contributed by atoms with van der Waals surface area (Å²) < 4.78 is 0. The monoisotopic (exact) mass is 271 g/mol. The second kappa shape index (κ2) is 5.82. The van der Waals surface area contributed by atoms with Crippen LogP contribution in [0.5, 0.6) is 0 Å². The fourth-order valence-corrected chi connectivity index (χ4v) is 1.97. The van der Waals surface area contributed by atoms with Crippen LogP contribution in [0.1, 0.15) is 31.7 Å². The van der Waals surface area contributed by atoms with E-state index in [9.17, 15) is 20.0 Å². The minimum Gasteiger partial charge on any atom is -0.481 e. The number of carboxylic acid groups (broad SMARTS) is 1. The Morgan fingerprint density at radius 3 is 2.56 bits per heavy atom. The summed E-state index contributed by atoms with van der Waals surface area (Å²) in [4.78, 5) is 21.6. The Labute approximate surface area is 110 Å². The number of rotatable bonds is 5. The van der Waals surface area contributed by atoms with Crippen LogP contribution in [-0.2, 0) is 4.79 Å². The lowest BCUT2D eigenvalue weighted by Gasteiger charge is -2.15. The molecular weight excluding hydrogens is 258 g/mol. The minimum atomic E-state index is -1.06. The lowest BCUT2D eigenvalue weighted by molar-refractivity contribution is -0.385. The van der Waals surface area contributed by atoms with Crippen molar-refractivity contribution in [3.05, 3.63) is 38.9 Å². The van der Waals surface area contributed by atoms with Gasteiger partial charge in [0.2, 0.25) is 0 Å². The quantitative estimate of drug-likeness (QED) is 0.657. The lowest BCUT2D eigenvalue weighted by Crippen LogP contribution is -2.15. The Morgan fingerprint density at radius 2 is 2.11 bits per heavy atom. The van der Waals surface area contributed by atoms with Crippen molar-refractivity contribution in [3.8, 4) is 0 Å². The van der Waals surface area contributed by atoms with E-state index in [1.165, 1.54) is 18.2 Å². The van der Waals surface area contributed by atoms with E-state index in [1.807, 2.05) is 13.8 Å². The zero-order chi connectivity index (χ0) is 13.9. The number of nitro benzene ring substituents is 1. The molecule has 0 aromatic heterocycles. The average Bonchev–Trinajstić information content (AvgIpc) is 2.25. The van der Waals surface area contributed by atoms with Gasteiger partial charge in [-0.05, 0) is 24.5 Å². The van der Waals surface area contributed by atoms with Crippen LogP contribution in [0, 0.1) is 16.0 Å². The molecule has 1 N–H and O–H groups in total. The first kappa shape index (κ1) is 14.4. The molecule has 6 heteroatoms. The predicted molar refractivity (Wildman–Crippen MR) is 67.9 cm³/mol. The Bertz CT molecular complexity index is 473. The van der Waals surface area contributed by atoms with Crippen molar-refractivity contribution in [1.82, 2.24) is 0 Å². The van der Waals surface area contributed by atoms with Gasteiger partial charge in [-0.3, -0.25) is 14.9 Å². The maximum Gasteiger partial charge on any atom is 0.311 e. The van der Waals surface area contributed by atoms with Crippen molar-refractivity contribution in [2.24, 2.45) is 5.92 Å². The van der Waals surface area contributed by atoms with E-state index >= 15 is 0 Å². The molecule has 0 bridgehead atoms. The number of hydrogen-bond acceptors (Lipinski definition) is 3. The van der Waals surface area contributed by atoms with Gasteiger partial charge in [0, 0.05) is 16.7 Å². The van der Waals surface area contributed by atoms with Crippen LogP contribution in [0.2, 0.25) is 5.02 Å². The van der Waals surface area contributed by atoms with Gasteiger partial charge in [0.25, 0.3) is 5.69 Å². The highest BCUT2D eigenvalue weighted by Crippen LogP contribution is 2.33. The average molecular weight is 272 g/mol. The van der Waals surface area contributed by atoms with Crippen molar-refractivity contribution in [1.29, 1.82) is 0 Å². The third-order valence-corrected chi connectivity index (χ3v) is 2.80. The molecule has 0 heterocycles. The molecule has 0 radical (unpaired) electrons. The van der Waals surface area contributed by atoms with Gasteiger partial charge in [-0.2, -0.15) is 0 Å². The number of benzene rings is 1. The molecule has 1 rings (SSSR count). The normalized spacial score (nSPS) is 12.4. The highest BCUT2D eigenvalue weighted by molar-refractivity contribution is 6.30. The summed E-state index contributed by atoms with van der Waals surface area (Å²) in [7, 11) is 0. The second-order valence-electron chi connectivity index (χ2n) is 4.48. The number of hydrogen-bond donors (Lipinski definition) is 1. The number of carboxylic acids is 1. The summed E-state index contributed by atoms with van der Waals surface area (Å²) in [6.07, 6.45) is 0.345. The van der Waals surface area contributed by atoms with Crippen molar-refractivity contribution in [3.63, 3.8) is 0 Å². The maximum absolute atomic E-state index is 11.2. The first-order valence-corrected chi connectivity index (χ1v) is 5.87. The Hall–Kier alpha value is -1.62. The van der Waals surface area contributed by atoms with Crippen molar-refractivity contribution >= 4 is 23.3 Å². The molecule has 1 atom stereocenters. The van der Waals surface area contributed by atoms with Crippen molar-refractivity contribution in [2.75, 3.05) is 0 Å². The Morgan fingerprint density at radius 1 is 1.50 bits per heavy atom. The zero-order valence-corrected chi connectivity index (χ0v) is 10.8. The van der Waals surface area contributed by atoms with Gasteiger partial charge < -0.3 is 5.11 Å². The van der Waals surface area contributed by atoms with Gasteiger partial charge in [-0.15, -0.1) is 0 Å². The molecule has 0 fully saturated rings. The molecule has 0 aliphatic rings. The predicted octanol–water partition coefficient (Wildman–Crippen LogP) is 3.46. The van der Waals surface area contributed by atoms with Crippen LogP contribution in [0.3, 0.4) is 0 Å². The summed E-state index contributed by atoms with van der Waals surface area (Å²) in [6, 6.07) is 4.08. The molecule has 1 aromatic carbocycles. The molecule has 5 nitrogen and oxygen atoms in total. The third kappa shape index (κ3) is 3.43. The lowest BCUT2D eigenvalue weighted by atomic mass is 9.89. The van der Waals surface area contributed by atoms with E-state index < -0.39 is 16.8 Å². The van der Waals surface area contributed by atoms with Gasteiger partial charge in [0.15, 0.2) is 0 Å². The summed E-state index contributed by atoms with van der Waals surface area (Å²) in [5.41, 5.74) is -0.0406. The smallest absolute Gasteiger partial charge is 0.311 e. The number of nitrogens with zero attached hydrogens (tertiary/aromatic N) is 1. The van der Waals surface area contributed by atoms with E-state index in [2.05, 4.69) is 0 Å². The van der Waals surface area contributed by atoms with E-state index in [-0.39, 0.29) is 22.2 Å². The number of carbonyl (C=O) groups is 1. The highest BCUT2D eigenvalue weighted by atomic mass is 35.5. The summed E-state index contributed by atoms with van der Waals surface area (Å²) >= 11 is 5.70. The first-order valence-electron chi connectivity index (χ1n) is 5.49.